The van der Waals surface area contributed by atoms with Gasteiger partial charge in [0.2, 0.25) is 0 Å². The summed E-state index contributed by atoms with van der Waals surface area (Å²) in [5.74, 6) is 0. The maximum Gasteiger partial charge on any atom is 0.0626 e. The number of halogens is 2. The lowest BCUT2D eigenvalue weighted by Gasteiger charge is -2.15. The molecule has 0 saturated carbocycles. The fourth-order valence-corrected chi connectivity index (χ4v) is 1.56. The molecule has 0 amide bonds. The van der Waals surface area contributed by atoms with Crippen LogP contribution in [0.4, 0.5) is 0 Å². The van der Waals surface area contributed by atoms with E-state index in [1.807, 2.05) is 0 Å². The third-order valence-electron chi connectivity index (χ3n) is 1.86. The van der Waals surface area contributed by atoms with Crippen molar-refractivity contribution in [2.24, 2.45) is 0 Å². The van der Waals surface area contributed by atoms with Crippen LogP contribution in [-0.4, -0.2) is 18.8 Å². The van der Waals surface area contributed by atoms with Gasteiger partial charge in [-0.1, -0.05) is 23.2 Å². The minimum Gasteiger partial charge on any atom is -0.394 e. The summed E-state index contributed by atoms with van der Waals surface area (Å²) in [4.78, 5) is 0. The van der Waals surface area contributed by atoms with Gasteiger partial charge < -0.3 is 10.4 Å². The van der Waals surface area contributed by atoms with Crippen molar-refractivity contribution in [1.29, 1.82) is 0 Å². The molecule has 0 radical (unpaired) electrons. The largest absolute Gasteiger partial charge is 0.394 e. The summed E-state index contributed by atoms with van der Waals surface area (Å²) >= 11 is 11.7. The standard InChI is InChI=1S/C9H11Cl2NO/c1-12-9(5-13)7-4-6(10)2-3-8(7)11/h2-4,9,12-13H,5H2,1H3/t9-/m0/s1. The molecule has 0 saturated heterocycles. The summed E-state index contributed by atoms with van der Waals surface area (Å²) < 4.78 is 0. The predicted octanol–water partition coefficient (Wildman–Crippen LogP) is 2.25. The first-order chi connectivity index (χ1) is 6.19. The molecule has 0 aliphatic carbocycles. The van der Waals surface area contributed by atoms with Crippen molar-refractivity contribution in [2.75, 3.05) is 13.7 Å². The van der Waals surface area contributed by atoms with Crippen molar-refractivity contribution in [3.8, 4) is 0 Å². The van der Waals surface area contributed by atoms with Crippen LogP contribution in [0.5, 0.6) is 0 Å². The van der Waals surface area contributed by atoms with Crippen LogP contribution in [0.1, 0.15) is 11.6 Å². The molecule has 1 aromatic carbocycles. The number of nitrogens with one attached hydrogen (secondary N) is 1. The molecule has 0 unspecified atom stereocenters. The summed E-state index contributed by atoms with van der Waals surface area (Å²) in [6.45, 7) is -0.00341. The summed E-state index contributed by atoms with van der Waals surface area (Å²) in [5.41, 5.74) is 0.819. The van der Waals surface area contributed by atoms with Crippen molar-refractivity contribution in [3.05, 3.63) is 33.8 Å². The summed E-state index contributed by atoms with van der Waals surface area (Å²) in [5, 5.41) is 13.2. The molecule has 0 bridgehead atoms. The van der Waals surface area contributed by atoms with E-state index in [2.05, 4.69) is 5.32 Å². The first-order valence-corrected chi connectivity index (χ1v) is 4.67. The highest BCUT2D eigenvalue weighted by molar-refractivity contribution is 6.33. The second-order valence-corrected chi connectivity index (χ2v) is 3.53. The van der Waals surface area contributed by atoms with Crippen molar-refractivity contribution >= 4 is 23.2 Å². The van der Waals surface area contributed by atoms with E-state index in [1.54, 1.807) is 25.2 Å². The highest BCUT2D eigenvalue weighted by Crippen LogP contribution is 2.25. The van der Waals surface area contributed by atoms with Crippen molar-refractivity contribution < 1.29 is 5.11 Å². The Labute approximate surface area is 87.5 Å². The third-order valence-corrected chi connectivity index (χ3v) is 2.44. The smallest absolute Gasteiger partial charge is 0.0626 e. The van der Waals surface area contributed by atoms with E-state index in [1.165, 1.54) is 0 Å². The van der Waals surface area contributed by atoms with Crippen molar-refractivity contribution in [3.63, 3.8) is 0 Å². The van der Waals surface area contributed by atoms with E-state index in [4.69, 9.17) is 28.3 Å². The molecule has 0 aliphatic heterocycles. The molecule has 0 fully saturated rings. The van der Waals surface area contributed by atoms with Gasteiger partial charge in [0.05, 0.1) is 12.6 Å². The normalized spacial score (nSPS) is 12.9. The predicted molar refractivity (Wildman–Crippen MR) is 55.3 cm³/mol. The minimum atomic E-state index is -0.161. The molecule has 13 heavy (non-hydrogen) atoms. The molecule has 2 N–H and O–H groups in total. The number of likely N-dealkylation sites (N-methyl/N-ethyl adjacent to an activating group) is 1. The molecular formula is C9H11Cl2NO. The second-order valence-electron chi connectivity index (χ2n) is 2.69. The molecule has 0 aliphatic rings. The van der Waals surface area contributed by atoms with Gasteiger partial charge in [-0.3, -0.25) is 0 Å². The maximum absolute atomic E-state index is 9.03. The Morgan fingerprint density at radius 2 is 2.15 bits per heavy atom. The fourth-order valence-electron chi connectivity index (χ4n) is 1.13. The molecule has 72 valence electrons. The lowest BCUT2D eigenvalue weighted by molar-refractivity contribution is 0.251. The molecule has 2 nitrogen and oxygen atoms in total. The first-order valence-electron chi connectivity index (χ1n) is 3.92. The third kappa shape index (κ3) is 2.58. The van der Waals surface area contributed by atoms with Gasteiger partial charge in [-0.05, 0) is 30.8 Å². The molecular weight excluding hydrogens is 209 g/mol. The summed E-state index contributed by atoms with van der Waals surface area (Å²) in [7, 11) is 1.76. The Morgan fingerprint density at radius 1 is 1.46 bits per heavy atom. The highest BCUT2D eigenvalue weighted by atomic mass is 35.5. The Kier molecular flexibility index (Phi) is 4.00. The number of hydrogen-bond donors (Lipinski definition) is 2. The quantitative estimate of drug-likeness (QED) is 0.818. The fraction of sp³-hybridized carbons (Fsp3) is 0.333. The average Bonchev–Trinajstić information content (AvgIpc) is 2.13. The summed E-state index contributed by atoms with van der Waals surface area (Å²) in [6.07, 6.45) is 0. The molecule has 1 atom stereocenters. The molecule has 0 heterocycles. The SMILES string of the molecule is CN[C@@H](CO)c1cc(Cl)ccc1Cl. The van der Waals surface area contributed by atoms with E-state index < -0.39 is 0 Å². The maximum atomic E-state index is 9.03. The van der Waals surface area contributed by atoms with Gasteiger partial charge in [-0.25, -0.2) is 0 Å². The van der Waals surface area contributed by atoms with Gasteiger partial charge in [0, 0.05) is 10.0 Å². The molecule has 0 aromatic heterocycles. The number of aliphatic hydroxyl groups is 1. The van der Waals surface area contributed by atoms with E-state index in [0.29, 0.717) is 10.0 Å². The summed E-state index contributed by atoms with van der Waals surface area (Å²) in [6, 6.07) is 5.03. The Bertz CT molecular complexity index is 287. The van der Waals surface area contributed by atoms with Crippen molar-refractivity contribution in [1.82, 2.24) is 5.32 Å². The van der Waals surface area contributed by atoms with Crippen LogP contribution in [-0.2, 0) is 0 Å². The van der Waals surface area contributed by atoms with Crippen LogP contribution in [0, 0.1) is 0 Å². The Balaban J connectivity index is 3.03. The zero-order valence-electron chi connectivity index (χ0n) is 7.22. The monoisotopic (exact) mass is 219 g/mol. The van der Waals surface area contributed by atoms with Gasteiger partial charge in [-0.15, -0.1) is 0 Å². The Hall–Kier alpha value is -0.280. The van der Waals surface area contributed by atoms with Gasteiger partial charge >= 0.3 is 0 Å². The lowest BCUT2D eigenvalue weighted by atomic mass is 10.1. The Morgan fingerprint density at radius 3 is 2.69 bits per heavy atom. The topological polar surface area (TPSA) is 32.3 Å². The highest BCUT2D eigenvalue weighted by Gasteiger charge is 2.11. The van der Waals surface area contributed by atoms with E-state index in [9.17, 15) is 0 Å². The first kappa shape index (κ1) is 10.8. The number of aliphatic hydroxyl groups excluding tert-OH is 1. The molecule has 1 rings (SSSR count). The van der Waals surface area contributed by atoms with E-state index >= 15 is 0 Å². The van der Waals surface area contributed by atoms with Crippen LogP contribution in [0.25, 0.3) is 0 Å². The van der Waals surface area contributed by atoms with Crippen LogP contribution < -0.4 is 5.32 Å². The second kappa shape index (κ2) is 4.82. The van der Waals surface area contributed by atoms with E-state index in [0.717, 1.165) is 5.56 Å². The zero-order chi connectivity index (χ0) is 9.84. The number of benzene rings is 1. The van der Waals surface area contributed by atoms with Gasteiger partial charge in [0.15, 0.2) is 0 Å². The van der Waals surface area contributed by atoms with Gasteiger partial charge in [0.25, 0.3) is 0 Å². The number of hydrogen-bond acceptors (Lipinski definition) is 2. The molecule has 4 heteroatoms. The zero-order valence-corrected chi connectivity index (χ0v) is 8.73. The minimum absolute atomic E-state index is 0.00341. The number of rotatable bonds is 3. The average molecular weight is 220 g/mol. The van der Waals surface area contributed by atoms with Crippen LogP contribution in [0.2, 0.25) is 10.0 Å². The van der Waals surface area contributed by atoms with E-state index in [-0.39, 0.29) is 12.6 Å². The van der Waals surface area contributed by atoms with Crippen molar-refractivity contribution in [2.45, 2.75) is 6.04 Å². The van der Waals surface area contributed by atoms with Gasteiger partial charge in [0.1, 0.15) is 0 Å². The molecule has 1 aromatic rings. The van der Waals surface area contributed by atoms with Crippen LogP contribution >= 0.6 is 23.2 Å². The van der Waals surface area contributed by atoms with Gasteiger partial charge in [-0.2, -0.15) is 0 Å². The lowest BCUT2D eigenvalue weighted by Crippen LogP contribution is -2.20. The van der Waals surface area contributed by atoms with Crippen LogP contribution in [0.15, 0.2) is 18.2 Å². The molecule has 0 spiro atoms. The van der Waals surface area contributed by atoms with Crippen LogP contribution in [0.3, 0.4) is 0 Å².